The zero-order valence-corrected chi connectivity index (χ0v) is 12.6. The van der Waals surface area contributed by atoms with Crippen LogP contribution in [0, 0.1) is 5.92 Å². The Hall–Kier alpha value is -1.81. The van der Waals surface area contributed by atoms with Gasteiger partial charge < -0.3 is 9.64 Å². The molecule has 0 aliphatic carbocycles. The summed E-state index contributed by atoms with van der Waals surface area (Å²) in [7, 11) is 1.45. The first kappa shape index (κ1) is 14.1. The van der Waals surface area contributed by atoms with Crippen molar-refractivity contribution in [3.63, 3.8) is 0 Å². The molecule has 0 spiro atoms. The molecule has 21 heavy (non-hydrogen) atoms. The Labute approximate surface area is 128 Å². The van der Waals surface area contributed by atoms with Crippen LogP contribution in [0.5, 0.6) is 0 Å². The van der Waals surface area contributed by atoms with Crippen molar-refractivity contribution in [2.75, 3.05) is 25.1 Å². The lowest BCUT2D eigenvalue weighted by molar-refractivity contribution is -0.146. The van der Waals surface area contributed by atoms with Gasteiger partial charge >= 0.3 is 5.97 Å². The highest BCUT2D eigenvalue weighted by Crippen LogP contribution is 2.27. The van der Waals surface area contributed by atoms with Gasteiger partial charge in [0.2, 0.25) is 0 Å². The molecule has 0 amide bonds. The molecule has 1 aliphatic rings. The summed E-state index contributed by atoms with van der Waals surface area (Å²) in [5.41, 5.74) is 2.06. The smallest absolute Gasteiger partial charge is 0.308 e. The van der Waals surface area contributed by atoms with E-state index in [1.807, 2.05) is 12.1 Å². The largest absolute Gasteiger partial charge is 0.469 e. The average molecular weight is 305 g/mol. The number of pyridine rings is 1. The van der Waals surface area contributed by atoms with Crippen molar-refractivity contribution in [1.82, 2.24) is 4.98 Å². The molecule has 0 radical (unpaired) electrons. The van der Waals surface area contributed by atoms with Gasteiger partial charge in [-0.05, 0) is 43.2 Å². The molecule has 2 aromatic rings. The molecule has 5 heteroatoms. The maximum atomic E-state index is 11.6. The van der Waals surface area contributed by atoms with E-state index in [-0.39, 0.29) is 11.9 Å². The summed E-state index contributed by atoms with van der Waals surface area (Å²) in [5.74, 6) is -0.0563. The SMILES string of the molecule is COC(=O)C1CCN(c2ccc3nc(Cl)ccc3c2)CC1. The number of carbonyl (C=O) groups is 1. The van der Waals surface area contributed by atoms with Gasteiger partial charge in [-0.15, -0.1) is 0 Å². The number of nitrogens with zero attached hydrogens (tertiary/aromatic N) is 2. The number of rotatable bonds is 2. The van der Waals surface area contributed by atoms with E-state index in [1.165, 1.54) is 7.11 Å². The number of hydrogen-bond acceptors (Lipinski definition) is 4. The van der Waals surface area contributed by atoms with Crippen LogP contribution in [0.15, 0.2) is 30.3 Å². The summed E-state index contributed by atoms with van der Waals surface area (Å²) in [6, 6.07) is 9.96. The predicted octanol–water partition coefficient (Wildman–Crippen LogP) is 3.28. The molecular formula is C16H17ClN2O2. The van der Waals surface area contributed by atoms with Crippen LogP contribution in [0.25, 0.3) is 10.9 Å². The topological polar surface area (TPSA) is 42.4 Å². The summed E-state index contributed by atoms with van der Waals surface area (Å²) >= 11 is 5.90. The minimum absolute atomic E-state index is 0.0344. The third-order valence-corrected chi connectivity index (χ3v) is 4.24. The van der Waals surface area contributed by atoms with Crippen molar-refractivity contribution in [3.8, 4) is 0 Å². The molecule has 0 saturated carbocycles. The molecule has 0 atom stereocenters. The van der Waals surface area contributed by atoms with E-state index in [0.717, 1.165) is 42.5 Å². The van der Waals surface area contributed by atoms with Crippen LogP contribution < -0.4 is 4.90 Å². The van der Waals surface area contributed by atoms with E-state index in [1.54, 1.807) is 6.07 Å². The van der Waals surface area contributed by atoms with Crippen molar-refractivity contribution in [1.29, 1.82) is 0 Å². The molecule has 3 rings (SSSR count). The first-order valence-electron chi connectivity index (χ1n) is 7.06. The number of fused-ring (bicyclic) bond motifs is 1. The lowest BCUT2D eigenvalue weighted by atomic mass is 9.96. The molecule has 1 saturated heterocycles. The summed E-state index contributed by atoms with van der Waals surface area (Å²) in [5, 5.41) is 1.58. The second-order valence-electron chi connectivity index (χ2n) is 5.30. The van der Waals surface area contributed by atoms with E-state index >= 15 is 0 Å². The standard InChI is InChI=1S/C16H17ClN2O2/c1-21-16(20)11-6-8-19(9-7-11)13-3-4-14-12(10-13)2-5-15(17)18-14/h2-5,10-11H,6-9H2,1H3. The molecule has 1 aliphatic heterocycles. The summed E-state index contributed by atoms with van der Waals surface area (Å²) < 4.78 is 4.82. The third-order valence-electron chi connectivity index (χ3n) is 4.03. The van der Waals surface area contributed by atoms with Gasteiger partial charge in [0.1, 0.15) is 5.15 Å². The molecule has 110 valence electrons. The van der Waals surface area contributed by atoms with Crippen LogP contribution in [0.4, 0.5) is 5.69 Å². The van der Waals surface area contributed by atoms with E-state index in [2.05, 4.69) is 22.0 Å². The van der Waals surface area contributed by atoms with Gasteiger partial charge in [-0.3, -0.25) is 4.79 Å². The summed E-state index contributed by atoms with van der Waals surface area (Å²) in [6.45, 7) is 1.73. The number of esters is 1. The lowest BCUT2D eigenvalue weighted by Crippen LogP contribution is -2.36. The molecule has 1 aromatic carbocycles. The van der Waals surface area contributed by atoms with Gasteiger partial charge in [0.15, 0.2) is 0 Å². The monoisotopic (exact) mass is 304 g/mol. The van der Waals surface area contributed by atoms with Gasteiger partial charge in [0.05, 0.1) is 18.5 Å². The van der Waals surface area contributed by atoms with Gasteiger partial charge in [-0.1, -0.05) is 11.6 Å². The molecular weight excluding hydrogens is 288 g/mol. The van der Waals surface area contributed by atoms with E-state index in [4.69, 9.17) is 16.3 Å². The number of aromatic nitrogens is 1. The van der Waals surface area contributed by atoms with Gasteiger partial charge in [0, 0.05) is 24.2 Å². The minimum Gasteiger partial charge on any atom is -0.469 e. The summed E-state index contributed by atoms with van der Waals surface area (Å²) in [6.07, 6.45) is 1.67. The molecule has 0 unspecified atom stereocenters. The zero-order chi connectivity index (χ0) is 14.8. The van der Waals surface area contributed by atoms with Gasteiger partial charge in [0.25, 0.3) is 0 Å². The van der Waals surface area contributed by atoms with Crippen LogP contribution in [0.2, 0.25) is 5.15 Å². The van der Waals surface area contributed by atoms with Crippen molar-refractivity contribution in [2.45, 2.75) is 12.8 Å². The van der Waals surface area contributed by atoms with Crippen molar-refractivity contribution < 1.29 is 9.53 Å². The molecule has 2 heterocycles. The van der Waals surface area contributed by atoms with Crippen molar-refractivity contribution >= 4 is 34.2 Å². The maximum absolute atomic E-state index is 11.6. The Morgan fingerprint density at radius 2 is 2.05 bits per heavy atom. The van der Waals surface area contributed by atoms with Gasteiger partial charge in [-0.25, -0.2) is 4.98 Å². The summed E-state index contributed by atoms with van der Waals surface area (Å²) in [4.78, 5) is 18.1. The Morgan fingerprint density at radius 3 is 2.76 bits per heavy atom. The Bertz CT molecular complexity index is 666. The fourth-order valence-electron chi connectivity index (χ4n) is 2.82. The highest BCUT2D eigenvalue weighted by molar-refractivity contribution is 6.29. The molecule has 1 aromatic heterocycles. The van der Waals surface area contributed by atoms with E-state index in [9.17, 15) is 4.79 Å². The molecule has 4 nitrogen and oxygen atoms in total. The number of ether oxygens (including phenoxy) is 1. The van der Waals surface area contributed by atoms with Crippen LogP contribution in [0.3, 0.4) is 0 Å². The van der Waals surface area contributed by atoms with Crippen LogP contribution in [0.1, 0.15) is 12.8 Å². The maximum Gasteiger partial charge on any atom is 0.308 e. The first-order chi connectivity index (χ1) is 10.2. The lowest BCUT2D eigenvalue weighted by Gasteiger charge is -2.32. The third kappa shape index (κ3) is 2.95. The van der Waals surface area contributed by atoms with Crippen molar-refractivity contribution in [2.24, 2.45) is 5.92 Å². The Morgan fingerprint density at radius 1 is 1.29 bits per heavy atom. The molecule has 1 fully saturated rings. The molecule has 0 N–H and O–H groups in total. The first-order valence-corrected chi connectivity index (χ1v) is 7.44. The number of piperidine rings is 1. The predicted molar refractivity (Wildman–Crippen MR) is 83.7 cm³/mol. The Kier molecular flexibility index (Phi) is 3.97. The van der Waals surface area contributed by atoms with Crippen LogP contribution in [-0.4, -0.2) is 31.2 Å². The number of benzene rings is 1. The van der Waals surface area contributed by atoms with E-state index < -0.39 is 0 Å². The van der Waals surface area contributed by atoms with Crippen LogP contribution in [-0.2, 0) is 9.53 Å². The number of anilines is 1. The average Bonchev–Trinajstić information content (AvgIpc) is 2.53. The zero-order valence-electron chi connectivity index (χ0n) is 11.9. The number of hydrogen-bond donors (Lipinski definition) is 0. The quantitative estimate of drug-likeness (QED) is 0.631. The fraction of sp³-hybridized carbons (Fsp3) is 0.375. The second kappa shape index (κ2) is 5.90. The number of methoxy groups -OCH3 is 1. The van der Waals surface area contributed by atoms with Crippen LogP contribution >= 0.6 is 11.6 Å². The highest BCUT2D eigenvalue weighted by Gasteiger charge is 2.25. The van der Waals surface area contributed by atoms with Crippen molar-refractivity contribution in [3.05, 3.63) is 35.5 Å². The van der Waals surface area contributed by atoms with Gasteiger partial charge in [-0.2, -0.15) is 0 Å². The molecule has 0 bridgehead atoms. The highest BCUT2D eigenvalue weighted by atomic mass is 35.5. The normalized spacial score (nSPS) is 16.2. The number of carbonyl (C=O) groups excluding carboxylic acids is 1. The minimum atomic E-state index is -0.0907. The van der Waals surface area contributed by atoms with E-state index in [0.29, 0.717) is 5.15 Å². The number of halogens is 1. The fourth-order valence-corrected chi connectivity index (χ4v) is 2.98. The Balaban J connectivity index is 1.76. The second-order valence-corrected chi connectivity index (χ2v) is 5.68.